The SMILES string of the molecule is C=C(/C=C/C=C/c1ccccc1)NNC(=O)c1ccc(Br)cc1. The summed E-state index contributed by atoms with van der Waals surface area (Å²) in [5, 5.41) is 0. The van der Waals surface area contributed by atoms with Crippen molar-refractivity contribution >= 4 is 27.9 Å². The smallest absolute Gasteiger partial charge is 0.269 e. The number of nitrogens with one attached hydrogen (secondary N) is 2. The molecule has 2 rings (SSSR count). The zero-order valence-electron chi connectivity index (χ0n) is 12.5. The summed E-state index contributed by atoms with van der Waals surface area (Å²) in [5.41, 5.74) is 7.65. The highest BCUT2D eigenvalue weighted by molar-refractivity contribution is 9.10. The number of rotatable bonds is 6. The molecule has 4 heteroatoms. The molecule has 0 bridgehead atoms. The van der Waals surface area contributed by atoms with Crippen LogP contribution in [0.3, 0.4) is 0 Å². The Kier molecular flexibility index (Phi) is 6.39. The van der Waals surface area contributed by atoms with Crippen molar-refractivity contribution in [3.05, 3.63) is 101 Å². The summed E-state index contributed by atoms with van der Waals surface area (Å²) in [6.45, 7) is 3.82. The van der Waals surface area contributed by atoms with Gasteiger partial charge in [0.1, 0.15) is 0 Å². The van der Waals surface area contributed by atoms with Gasteiger partial charge >= 0.3 is 0 Å². The van der Waals surface area contributed by atoms with Gasteiger partial charge in [-0.15, -0.1) is 0 Å². The molecule has 0 heterocycles. The van der Waals surface area contributed by atoms with E-state index in [0.717, 1.165) is 10.0 Å². The molecule has 23 heavy (non-hydrogen) atoms. The van der Waals surface area contributed by atoms with Crippen LogP contribution in [0.1, 0.15) is 15.9 Å². The molecule has 0 fully saturated rings. The van der Waals surface area contributed by atoms with Gasteiger partial charge in [0.25, 0.3) is 5.91 Å². The van der Waals surface area contributed by atoms with Crippen molar-refractivity contribution in [2.45, 2.75) is 0 Å². The van der Waals surface area contributed by atoms with Crippen LogP contribution < -0.4 is 10.9 Å². The summed E-state index contributed by atoms with van der Waals surface area (Å²) in [4.78, 5) is 11.9. The normalized spacial score (nSPS) is 10.8. The van der Waals surface area contributed by atoms with Crippen LogP contribution in [0.15, 0.2) is 89.6 Å². The van der Waals surface area contributed by atoms with E-state index < -0.39 is 0 Å². The summed E-state index contributed by atoms with van der Waals surface area (Å²) < 4.78 is 0.930. The number of hydrogen-bond donors (Lipinski definition) is 2. The van der Waals surface area contributed by atoms with E-state index in [1.54, 1.807) is 18.2 Å². The number of benzene rings is 2. The van der Waals surface area contributed by atoms with Gasteiger partial charge in [0.05, 0.1) is 0 Å². The molecule has 0 atom stereocenters. The molecule has 2 aromatic rings. The van der Waals surface area contributed by atoms with Crippen LogP contribution in [-0.4, -0.2) is 5.91 Å². The molecule has 0 aliphatic carbocycles. The highest BCUT2D eigenvalue weighted by atomic mass is 79.9. The third-order valence-corrected chi connectivity index (χ3v) is 3.47. The lowest BCUT2D eigenvalue weighted by Gasteiger charge is -2.08. The zero-order chi connectivity index (χ0) is 16.5. The molecular formula is C19H17BrN2O. The quantitative estimate of drug-likeness (QED) is 0.583. The largest absolute Gasteiger partial charge is 0.299 e. The molecule has 2 N–H and O–H groups in total. The first kappa shape index (κ1) is 16.8. The van der Waals surface area contributed by atoms with Crippen molar-refractivity contribution in [3.63, 3.8) is 0 Å². The predicted octanol–water partition coefficient (Wildman–Crippen LogP) is 4.47. The van der Waals surface area contributed by atoms with Gasteiger partial charge in [-0.25, -0.2) is 0 Å². The molecule has 0 unspecified atom stereocenters. The summed E-state index contributed by atoms with van der Waals surface area (Å²) in [5.74, 6) is -0.216. The standard InChI is InChI=1S/C19H17BrN2O/c1-15(7-5-6-10-16-8-3-2-4-9-16)21-22-19(23)17-11-13-18(20)14-12-17/h2-14,21H,1H2,(H,22,23)/b7-5+,10-6+. The molecule has 0 saturated carbocycles. The summed E-state index contributed by atoms with van der Waals surface area (Å²) in [6.07, 6.45) is 7.54. The fourth-order valence-corrected chi connectivity index (χ4v) is 2.02. The van der Waals surface area contributed by atoms with Gasteiger partial charge in [0.2, 0.25) is 0 Å². The van der Waals surface area contributed by atoms with E-state index in [9.17, 15) is 4.79 Å². The van der Waals surface area contributed by atoms with E-state index in [1.807, 2.05) is 60.7 Å². The van der Waals surface area contributed by atoms with Gasteiger partial charge in [0, 0.05) is 15.7 Å². The Bertz CT molecular complexity index is 719. The topological polar surface area (TPSA) is 41.1 Å². The van der Waals surface area contributed by atoms with Crippen LogP contribution in [0.2, 0.25) is 0 Å². The van der Waals surface area contributed by atoms with Gasteiger partial charge in [-0.3, -0.25) is 15.6 Å². The zero-order valence-corrected chi connectivity index (χ0v) is 14.1. The van der Waals surface area contributed by atoms with Gasteiger partial charge in [-0.2, -0.15) is 0 Å². The van der Waals surface area contributed by atoms with E-state index in [-0.39, 0.29) is 5.91 Å². The summed E-state index contributed by atoms with van der Waals surface area (Å²) in [7, 11) is 0. The van der Waals surface area contributed by atoms with Crippen LogP contribution in [0.4, 0.5) is 0 Å². The fraction of sp³-hybridized carbons (Fsp3) is 0. The van der Waals surface area contributed by atoms with Crippen molar-refractivity contribution in [1.29, 1.82) is 0 Å². The van der Waals surface area contributed by atoms with E-state index in [2.05, 4.69) is 33.4 Å². The molecule has 3 nitrogen and oxygen atoms in total. The first-order chi connectivity index (χ1) is 11.1. The van der Waals surface area contributed by atoms with Crippen molar-refractivity contribution in [2.24, 2.45) is 0 Å². The average Bonchev–Trinajstić information content (AvgIpc) is 2.58. The third kappa shape index (κ3) is 5.96. The third-order valence-electron chi connectivity index (χ3n) is 2.94. The number of carbonyl (C=O) groups is 1. The molecule has 0 aliphatic rings. The molecule has 0 spiro atoms. The van der Waals surface area contributed by atoms with E-state index >= 15 is 0 Å². The van der Waals surface area contributed by atoms with Gasteiger partial charge in [-0.1, -0.05) is 71.1 Å². The van der Waals surface area contributed by atoms with Gasteiger partial charge in [-0.05, 0) is 35.9 Å². The lowest BCUT2D eigenvalue weighted by atomic mass is 10.2. The maximum Gasteiger partial charge on any atom is 0.269 e. The van der Waals surface area contributed by atoms with E-state index in [4.69, 9.17) is 0 Å². The summed E-state index contributed by atoms with van der Waals surface area (Å²) in [6, 6.07) is 17.1. The van der Waals surface area contributed by atoms with Crippen molar-refractivity contribution in [3.8, 4) is 0 Å². The second-order valence-corrected chi connectivity index (χ2v) is 5.66. The molecule has 0 saturated heterocycles. The average molecular weight is 369 g/mol. The number of allylic oxidation sites excluding steroid dienone is 3. The van der Waals surface area contributed by atoms with Crippen LogP contribution >= 0.6 is 15.9 Å². The molecule has 2 aromatic carbocycles. The molecule has 0 aliphatic heterocycles. The Morgan fingerprint density at radius 2 is 1.65 bits per heavy atom. The Labute approximate surface area is 144 Å². The van der Waals surface area contributed by atoms with E-state index in [1.165, 1.54) is 0 Å². The van der Waals surface area contributed by atoms with Crippen molar-refractivity contribution in [1.82, 2.24) is 10.9 Å². The lowest BCUT2D eigenvalue weighted by molar-refractivity contribution is 0.0939. The fourth-order valence-electron chi connectivity index (χ4n) is 1.75. The second kappa shape index (κ2) is 8.76. The Morgan fingerprint density at radius 1 is 0.957 bits per heavy atom. The number of halogens is 1. The molecule has 1 amide bonds. The minimum Gasteiger partial charge on any atom is -0.299 e. The number of amides is 1. The van der Waals surface area contributed by atoms with E-state index in [0.29, 0.717) is 11.3 Å². The molecular weight excluding hydrogens is 352 g/mol. The number of hydrazine groups is 1. The second-order valence-electron chi connectivity index (χ2n) is 4.74. The van der Waals surface area contributed by atoms with Crippen LogP contribution in [0, 0.1) is 0 Å². The Balaban J connectivity index is 1.78. The number of hydrogen-bond acceptors (Lipinski definition) is 2. The van der Waals surface area contributed by atoms with Gasteiger partial charge in [0.15, 0.2) is 0 Å². The minimum atomic E-state index is -0.216. The molecule has 0 radical (unpaired) electrons. The Hall–Kier alpha value is -2.59. The van der Waals surface area contributed by atoms with Crippen molar-refractivity contribution < 1.29 is 4.79 Å². The number of carbonyl (C=O) groups excluding carboxylic acids is 1. The van der Waals surface area contributed by atoms with Crippen LogP contribution in [-0.2, 0) is 0 Å². The van der Waals surface area contributed by atoms with Gasteiger partial charge < -0.3 is 0 Å². The molecule has 0 aromatic heterocycles. The highest BCUT2D eigenvalue weighted by Crippen LogP contribution is 2.10. The maximum atomic E-state index is 11.9. The Morgan fingerprint density at radius 3 is 2.35 bits per heavy atom. The highest BCUT2D eigenvalue weighted by Gasteiger charge is 2.03. The lowest BCUT2D eigenvalue weighted by Crippen LogP contribution is -2.35. The van der Waals surface area contributed by atoms with Crippen molar-refractivity contribution in [2.75, 3.05) is 0 Å². The first-order valence-corrected chi connectivity index (χ1v) is 7.85. The predicted molar refractivity (Wildman–Crippen MR) is 98.5 cm³/mol. The maximum absolute atomic E-state index is 11.9. The minimum absolute atomic E-state index is 0.216. The van der Waals surface area contributed by atoms with Crippen LogP contribution in [0.25, 0.3) is 6.08 Å². The van der Waals surface area contributed by atoms with Crippen LogP contribution in [0.5, 0.6) is 0 Å². The molecule has 116 valence electrons. The first-order valence-electron chi connectivity index (χ1n) is 7.06. The monoisotopic (exact) mass is 368 g/mol. The summed E-state index contributed by atoms with van der Waals surface area (Å²) >= 11 is 3.33.